The van der Waals surface area contributed by atoms with E-state index in [2.05, 4.69) is 20.5 Å². The summed E-state index contributed by atoms with van der Waals surface area (Å²) in [5.41, 5.74) is 4.47. The highest BCUT2D eigenvalue weighted by molar-refractivity contribution is 7.99. The molecule has 8 nitrogen and oxygen atoms in total. The summed E-state index contributed by atoms with van der Waals surface area (Å²) in [4.78, 5) is 32.4. The van der Waals surface area contributed by atoms with Crippen LogP contribution in [0, 0.1) is 24.0 Å². The minimum Gasteiger partial charge on any atom is -0.267 e. The van der Waals surface area contributed by atoms with Gasteiger partial charge in [-0.25, -0.2) is 15.4 Å². The zero-order valence-corrected chi connectivity index (χ0v) is 18.6. The summed E-state index contributed by atoms with van der Waals surface area (Å²) >= 11 is 13.1. The fraction of sp³-hybridized carbons (Fsp3) is 0.100. The molecule has 0 aliphatic heterocycles. The van der Waals surface area contributed by atoms with Gasteiger partial charge in [0.05, 0.1) is 21.7 Å². The molecule has 3 aromatic rings. The maximum Gasteiger partial charge on any atom is 0.272 e. The van der Waals surface area contributed by atoms with E-state index < -0.39 is 10.8 Å². The molecule has 0 radical (unpaired) electrons. The van der Waals surface area contributed by atoms with Gasteiger partial charge in [-0.15, -0.1) is 0 Å². The number of nitrogens with zero attached hydrogens (tertiary/aromatic N) is 4. The number of hydrogen-bond donors (Lipinski definition) is 1. The van der Waals surface area contributed by atoms with Crippen molar-refractivity contribution in [3.63, 3.8) is 0 Å². The van der Waals surface area contributed by atoms with Crippen molar-refractivity contribution in [2.45, 2.75) is 23.9 Å². The molecule has 0 atom stereocenters. The summed E-state index contributed by atoms with van der Waals surface area (Å²) in [6, 6.07) is 10.6. The molecule has 31 heavy (non-hydrogen) atoms. The number of rotatable bonds is 6. The standard InChI is InChI=1S/C20H15Cl2N5O3S/c1-11-7-12(2)25-20(24-11)31-18-6-4-15(27(29)30)8-13(18)10-23-26-19(28)16-5-3-14(21)9-17(16)22/h3-10H,1-2H3,(H,26,28)/b23-10+. The lowest BCUT2D eigenvalue weighted by Crippen LogP contribution is -2.18. The normalized spacial score (nSPS) is 11.0. The van der Waals surface area contributed by atoms with E-state index >= 15 is 0 Å². The van der Waals surface area contributed by atoms with E-state index in [9.17, 15) is 14.9 Å². The first-order chi connectivity index (χ1) is 14.7. The van der Waals surface area contributed by atoms with E-state index in [0.717, 1.165) is 11.4 Å². The van der Waals surface area contributed by atoms with Crippen molar-refractivity contribution in [1.82, 2.24) is 15.4 Å². The van der Waals surface area contributed by atoms with Gasteiger partial charge in [0.15, 0.2) is 5.16 Å². The Labute approximate surface area is 191 Å². The smallest absolute Gasteiger partial charge is 0.267 e. The second-order valence-corrected chi connectivity index (χ2v) is 8.19. The number of non-ortho nitro benzene ring substituents is 1. The molecule has 1 heterocycles. The molecule has 1 N–H and O–H groups in total. The van der Waals surface area contributed by atoms with Gasteiger partial charge in [-0.2, -0.15) is 5.10 Å². The molecule has 0 aliphatic rings. The van der Waals surface area contributed by atoms with Crippen LogP contribution in [0.2, 0.25) is 10.0 Å². The number of amides is 1. The molecule has 0 bridgehead atoms. The predicted octanol–water partition coefficient (Wildman–Crippen LogP) is 5.22. The van der Waals surface area contributed by atoms with Crippen LogP contribution in [0.5, 0.6) is 0 Å². The first-order valence-corrected chi connectivity index (χ1v) is 10.4. The molecule has 0 saturated heterocycles. The van der Waals surface area contributed by atoms with Gasteiger partial charge < -0.3 is 0 Å². The Morgan fingerprint density at radius 3 is 2.48 bits per heavy atom. The molecule has 158 valence electrons. The van der Waals surface area contributed by atoms with Crippen LogP contribution >= 0.6 is 35.0 Å². The molecule has 0 spiro atoms. The first-order valence-electron chi connectivity index (χ1n) is 8.80. The minimum absolute atomic E-state index is 0.112. The van der Waals surface area contributed by atoms with Gasteiger partial charge >= 0.3 is 0 Å². The van der Waals surface area contributed by atoms with Crippen LogP contribution in [0.3, 0.4) is 0 Å². The Balaban J connectivity index is 1.86. The van der Waals surface area contributed by atoms with Crippen LogP contribution in [-0.4, -0.2) is 27.0 Å². The average molecular weight is 476 g/mol. The van der Waals surface area contributed by atoms with E-state index in [-0.39, 0.29) is 16.3 Å². The maximum absolute atomic E-state index is 12.3. The predicted molar refractivity (Wildman–Crippen MR) is 120 cm³/mol. The third-order valence-electron chi connectivity index (χ3n) is 3.91. The lowest BCUT2D eigenvalue weighted by molar-refractivity contribution is -0.384. The number of aromatic nitrogens is 2. The van der Waals surface area contributed by atoms with Crippen molar-refractivity contribution in [1.29, 1.82) is 0 Å². The van der Waals surface area contributed by atoms with E-state index in [1.807, 2.05) is 19.9 Å². The van der Waals surface area contributed by atoms with Crippen LogP contribution in [0.4, 0.5) is 5.69 Å². The molecule has 0 fully saturated rings. The van der Waals surface area contributed by atoms with Crippen LogP contribution in [-0.2, 0) is 0 Å². The number of nitro benzene ring substituents is 1. The lowest BCUT2D eigenvalue weighted by Gasteiger charge is -2.07. The number of aryl methyl sites for hydroxylation is 2. The minimum atomic E-state index is -0.546. The largest absolute Gasteiger partial charge is 0.272 e. The molecule has 0 unspecified atom stereocenters. The molecule has 2 aromatic carbocycles. The molecule has 3 rings (SSSR count). The summed E-state index contributed by atoms with van der Waals surface area (Å²) in [6.45, 7) is 3.71. The van der Waals surface area contributed by atoms with Crippen LogP contribution < -0.4 is 5.43 Å². The van der Waals surface area contributed by atoms with E-state index in [1.54, 1.807) is 6.07 Å². The Morgan fingerprint density at radius 1 is 1.13 bits per heavy atom. The van der Waals surface area contributed by atoms with Gasteiger partial charge in [-0.3, -0.25) is 14.9 Å². The Bertz CT molecular complexity index is 1180. The summed E-state index contributed by atoms with van der Waals surface area (Å²) < 4.78 is 0. The number of carbonyl (C=O) groups excluding carboxylic acids is 1. The third kappa shape index (κ3) is 6.00. The molecule has 0 aliphatic carbocycles. The van der Waals surface area contributed by atoms with Gasteiger partial charge in [0, 0.05) is 39.0 Å². The van der Waals surface area contributed by atoms with Crippen molar-refractivity contribution < 1.29 is 9.72 Å². The quantitative estimate of drug-likeness (QED) is 0.226. The van der Waals surface area contributed by atoms with Crippen LogP contribution in [0.25, 0.3) is 0 Å². The van der Waals surface area contributed by atoms with E-state index in [1.165, 1.54) is 48.3 Å². The first kappa shape index (κ1) is 22.7. The van der Waals surface area contributed by atoms with Crippen LogP contribution in [0.1, 0.15) is 27.3 Å². The van der Waals surface area contributed by atoms with Gasteiger partial charge in [0.25, 0.3) is 11.6 Å². The fourth-order valence-electron chi connectivity index (χ4n) is 2.58. The van der Waals surface area contributed by atoms with Gasteiger partial charge in [-0.05, 0) is 55.9 Å². The average Bonchev–Trinajstić information content (AvgIpc) is 2.68. The van der Waals surface area contributed by atoms with E-state index in [0.29, 0.717) is 20.6 Å². The Kier molecular flexibility index (Phi) is 7.21. The summed E-state index contributed by atoms with van der Waals surface area (Å²) in [6.07, 6.45) is 1.32. The Morgan fingerprint density at radius 2 is 1.84 bits per heavy atom. The maximum atomic E-state index is 12.3. The second kappa shape index (κ2) is 9.86. The monoisotopic (exact) mass is 475 g/mol. The SMILES string of the molecule is Cc1cc(C)nc(Sc2ccc([N+](=O)[O-])cc2/C=N/NC(=O)c2ccc(Cl)cc2Cl)n1. The van der Waals surface area contributed by atoms with Crippen molar-refractivity contribution >= 4 is 52.8 Å². The molecule has 0 saturated carbocycles. The highest BCUT2D eigenvalue weighted by atomic mass is 35.5. The van der Waals surface area contributed by atoms with Gasteiger partial charge in [-0.1, -0.05) is 23.2 Å². The van der Waals surface area contributed by atoms with Crippen molar-refractivity contribution in [3.8, 4) is 0 Å². The number of nitrogens with one attached hydrogen (secondary N) is 1. The highest BCUT2D eigenvalue weighted by Gasteiger charge is 2.13. The topological polar surface area (TPSA) is 110 Å². The molecule has 1 aromatic heterocycles. The zero-order valence-electron chi connectivity index (χ0n) is 16.3. The zero-order chi connectivity index (χ0) is 22.5. The Hall–Kier alpha value is -3.01. The van der Waals surface area contributed by atoms with E-state index in [4.69, 9.17) is 23.2 Å². The summed E-state index contributed by atoms with van der Waals surface area (Å²) in [5, 5.41) is 16.2. The molecular formula is C20H15Cl2N5O3S. The van der Waals surface area contributed by atoms with Crippen molar-refractivity contribution in [2.75, 3.05) is 0 Å². The number of hydrazone groups is 1. The number of halogens is 2. The van der Waals surface area contributed by atoms with Gasteiger partial charge in [0.1, 0.15) is 0 Å². The number of nitro groups is 1. The summed E-state index contributed by atoms with van der Waals surface area (Å²) in [7, 11) is 0. The lowest BCUT2D eigenvalue weighted by atomic mass is 10.2. The number of carbonyl (C=O) groups is 1. The van der Waals surface area contributed by atoms with Gasteiger partial charge in [0.2, 0.25) is 0 Å². The second-order valence-electron chi connectivity index (χ2n) is 6.34. The number of hydrogen-bond acceptors (Lipinski definition) is 7. The highest BCUT2D eigenvalue weighted by Crippen LogP contribution is 2.30. The van der Waals surface area contributed by atoms with Crippen LogP contribution in [0.15, 0.2) is 57.6 Å². The fourth-order valence-corrected chi connectivity index (χ4v) is 4.01. The summed E-state index contributed by atoms with van der Waals surface area (Å²) in [5.74, 6) is -0.546. The molecule has 11 heteroatoms. The molecule has 1 amide bonds. The molecular weight excluding hydrogens is 461 g/mol. The third-order valence-corrected chi connectivity index (χ3v) is 5.42. The van der Waals surface area contributed by atoms with Crippen molar-refractivity contribution in [3.05, 3.63) is 85.1 Å². The number of benzene rings is 2. The van der Waals surface area contributed by atoms with Crippen molar-refractivity contribution in [2.24, 2.45) is 5.10 Å².